The third-order valence-electron chi connectivity index (χ3n) is 3.37. The second-order valence-corrected chi connectivity index (χ2v) is 6.37. The SMILES string of the molecule is CCCNC(=O)NC(=O)COC(=O)Cc1csc(-c2ccc(OC)cc2)n1. The maximum Gasteiger partial charge on any atom is 0.321 e. The van der Waals surface area contributed by atoms with Crippen molar-refractivity contribution in [2.24, 2.45) is 0 Å². The number of methoxy groups -OCH3 is 1. The Bertz CT molecular complexity index is 789. The predicted molar refractivity (Wildman–Crippen MR) is 101 cm³/mol. The number of hydrogen-bond acceptors (Lipinski definition) is 7. The van der Waals surface area contributed by atoms with Crippen molar-refractivity contribution >= 4 is 29.2 Å². The van der Waals surface area contributed by atoms with Crippen molar-refractivity contribution in [3.8, 4) is 16.3 Å². The molecule has 3 amide bonds. The van der Waals surface area contributed by atoms with Crippen LogP contribution in [0.25, 0.3) is 10.6 Å². The summed E-state index contributed by atoms with van der Waals surface area (Å²) in [6.45, 7) is 1.83. The first-order valence-electron chi connectivity index (χ1n) is 8.34. The van der Waals surface area contributed by atoms with Crippen molar-refractivity contribution in [3.63, 3.8) is 0 Å². The van der Waals surface area contributed by atoms with Crippen LogP contribution in [-0.4, -0.2) is 43.2 Å². The van der Waals surface area contributed by atoms with E-state index in [1.54, 1.807) is 12.5 Å². The number of urea groups is 1. The lowest BCUT2D eigenvalue weighted by molar-refractivity contribution is -0.147. The van der Waals surface area contributed by atoms with Crippen LogP contribution >= 0.6 is 11.3 Å². The number of nitrogens with zero attached hydrogens (tertiary/aromatic N) is 1. The largest absolute Gasteiger partial charge is 0.497 e. The number of aromatic nitrogens is 1. The Morgan fingerprint density at radius 3 is 2.59 bits per heavy atom. The Morgan fingerprint density at radius 2 is 1.93 bits per heavy atom. The molecule has 8 nitrogen and oxygen atoms in total. The molecular weight excluding hydrogens is 370 g/mol. The van der Waals surface area contributed by atoms with E-state index in [0.717, 1.165) is 22.7 Å². The quantitative estimate of drug-likeness (QED) is 0.668. The fourth-order valence-corrected chi connectivity index (χ4v) is 2.87. The maximum atomic E-state index is 11.8. The fourth-order valence-electron chi connectivity index (χ4n) is 2.04. The summed E-state index contributed by atoms with van der Waals surface area (Å²) in [6, 6.07) is 6.82. The number of nitrogens with one attached hydrogen (secondary N) is 2. The van der Waals surface area contributed by atoms with Gasteiger partial charge in [-0.05, 0) is 30.7 Å². The van der Waals surface area contributed by atoms with Crippen molar-refractivity contribution in [1.29, 1.82) is 0 Å². The molecule has 0 atom stereocenters. The highest BCUT2D eigenvalue weighted by Crippen LogP contribution is 2.25. The molecule has 2 aromatic rings. The van der Waals surface area contributed by atoms with E-state index < -0.39 is 24.5 Å². The van der Waals surface area contributed by atoms with Gasteiger partial charge in [-0.15, -0.1) is 11.3 Å². The van der Waals surface area contributed by atoms with Gasteiger partial charge in [0.05, 0.1) is 19.2 Å². The second kappa shape index (κ2) is 10.3. The lowest BCUT2D eigenvalue weighted by Crippen LogP contribution is -2.41. The highest BCUT2D eigenvalue weighted by molar-refractivity contribution is 7.13. The molecule has 0 saturated heterocycles. The number of imide groups is 1. The van der Waals surface area contributed by atoms with E-state index in [1.807, 2.05) is 31.2 Å². The Morgan fingerprint density at radius 1 is 1.19 bits per heavy atom. The van der Waals surface area contributed by atoms with Gasteiger partial charge in [-0.3, -0.25) is 14.9 Å². The molecule has 0 aliphatic heterocycles. The lowest BCUT2D eigenvalue weighted by Gasteiger charge is -2.06. The number of carbonyl (C=O) groups excluding carboxylic acids is 3. The van der Waals surface area contributed by atoms with Gasteiger partial charge in [-0.2, -0.15) is 0 Å². The molecule has 0 unspecified atom stereocenters. The summed E-state index contributed by atoms with van der Waals surface area (Å²) in [7, 11) is 1.60. The summed E-state index contributed by atoms with van der Waals surface area (Å²) < 4.78 is 9.99. The van der Waals surface area contributed by atoms with Gasteiger partial charge in [-0.25, -0.2) is 9.78 Å². The zero-order valence-corrected chi connectivity index (χ0v) is 15.9. The zero-order valence-electron chi connectivity index (χ0n) is 15.1. The number of amides is 3. The molecule has 0 fully saturated rings. The standard InChI is InChI=1S/C18H21N3O5S/c1-3-8-19-18(24)21-15(22)10-26-16(23)9-13-11-27-17(20-13)12-4-6-14(25-2)7-5-12/h4-7,11H,3,8-10H2,1-2H3,(H2,19,21,22,24). The Kier molecular flexibility index (Phi) is 7.75. The van der Waals surface area contributed by atoms with Crippen LogP contribution in [0.4, 0.5) is 4.79 Å². The van der Waals surface area contributed by atoms with Crippen molar-refractivity contribution in [2.75, 3.05) is 20.3 Å². The Hall–Kier alpha value is -2.94. The molecule has 0 aliphatic carbocycles. The molecule has 0 spiro atoms. The molecule has 2 N–H and O–H groups in total. The van der Waals surface area contributed by atoms with Crippen LogP contribution in [-0.2, 0) is 20.7 Å². The van der Waals surface area contributed by atoms with Crippen LogP contribution in [0.1, 0.15) is 19.0 Å². The average Bonchev–Trinajstić information content (AvgIpc) is 3.13. The lowest BCUT2D eigenvalue weighted by atomic mass is 10.2. The monoisotopic (exact) mass is 391 g/mol. The summed E-state index contributed by atoms with van der Waals surface area (Å²) in [5, 5.41) is 7.10. The molecule has 1 aromatic heterocycles. The fraction of sp³-hybridized carbons (Fsp3) is 0.333. The second-order valence-electron chi connectivity index (χ2n) is 5.51. The van der Waals surface area contributed by atoms with Crippen LogP contribution < -0.4 is 15.4 Å². The van der Waals surface area contributed by atoms with E-state index in [4.69, 9.17) is 9.47 Å². The smallest absolute Gasteiger partial charge is 0.321 e. The van der Waals surface area contributed by atoms with Crippen molar-refractivity contribution in [2.45, 2.75) is 19.8 Å². The summed E-state index contributed by atoms with van der Waals surface area (Å²) in [4.78, 5) is 39.1. The van der Waals surface area contributed by atoms with E-state index in [0.29, 0.717) is 12.2 Å². The number of hydrogen-bond donors (Lipinski definition) is 2. The van der Waals surface area contributed by atoms with Gasteiger partial charge in [0.2, 0.25) is 0 Å². The van der Waals surface area contributed by atoms with Crippen LogP contribution in [0, 0.1) is 0 Å². The molecule has 2 rings (SSSR count). The van der Waals surface area contributed by atoms with Gasteiger partial charge >= 0.3 is 12.0 Å². The third-order valence-corrected chi connectivity index (χ3v) is 4.31. The minimum atomic E-state index is -0.686. The minimum Gasteiger partial charge on any atom is -0.497 e. The summed E-state index contributed by atoms with van der Waals surface area (Å²) in [6.07, 6.45) is 0.699. The molecule has 1 heterocycles. The molecule has 144 valence electrons. The van der Waals surface area contributed by atoms with Gasteiger partial charge in [0.25, 0.3) is 5.91 Å². The molecule has 27 heavy (non-hydrogen) atoms. The zero-order chi connectivity index (χ0) is 19.6. The molecule has 9 heteroatoms. The number of ether oxygens (including phenoxy) is 2. The minimum absolute atomic E-state index is 0.0536. The van der Waals surface area contributed by atoms with E-state index in [9.17, 15) is 14.4 Å². The van der Waals surface area contributed by atoms with Crippen LogP contribution in [0.2, 0.25) is 0 Å². The van der Waals surface area contributed by atoms with Gasteiger partial charge in [-0.1, -0.05) is 6.92 Å². The van der Waals surface area contributed by atoms with Gasteiger partial charge in [0, 0.05) is 17.5 Å². The number of benzene rings is 1. The molecular formula is C18H21N3O5S. The average molecular weight is 391 g/mol. The first kappa shape index (κ1) is 20.4. The third kappa shape index (κ3) is 6.70. The van der Waals surface area contributed by atoms with Crippen LogP contribution in [0.3, 0.4) is 0 Å². The molecule has 0 radical (unpaired) electrons. The Labute approximate surface area is 160 Å². The highest BCUT2D eigenvalue weighted by atomic mass is 32.1. The maximum absolute atomic E-state index is 11.8. The molecule has 0 saturated carbocycles. The van der Waals surface area contributed by atoms with Gasteiger partial charge < -0.3 is 14.8 Å². The number of esters is 1. The summed E-state index contributed by atoms with van der Waals surface area (Å²) in [5.74, 6) is -0.527. The number of carbonyl (C=O) groups is 3. The normalized spacial score (nSPS) is 10.1. The van der Waals surface area contributed by atoms with E-state index >= 15 is 0 Å². The van der Waals surface area contributed by atoms with Crippen LogP contribution in [0.5, 0.6) is 5.75 Å². The molecule has 1 aromatic carbocycles. The van der Waals surface area contributed by atoms with Crippen molar-refractivity contribution in [3.05, 3.63) is 35.3 Å². The van der Waals surface area contributed by atoms with E-state index in [2.05, 4.69) is 15.6 Å². The van der Waals surface area contributed by atoms with Gasteiger partial charge in [0.15, 0.2) is 6.61 Å². The van der Waals surface area contributed by atoms with Crippen molar-refractivity contribution in [1.82, 2.24) is 15.6 Å². The topological polar surface area (TPSA) is 107 Å². The van der Waals surface area contributed by atoms with E-state index in [-0.39, 0.29) is 6.42 Å². The van der Waals surface area contributed by atoms with Crippen LogP contribution in [0.15, 0.2) is 29.6 Å². The number of thiazole rings is 1. The first-order chi connectivity index (χ1) is 13.0. The predicted octanol–water partition coefficient (Wildman–Crippen LogP) is 2.14. The molecule has 0 aliphatic rings. The Balaban J connectivity index is 1.79. The summed E-state index contributed by atoms with van der Waals surface area (Å²) in [5.41, 5.74) is 1.47. The highest BCUT2D eigenvalue weighted by Gasteiger charge is 2.13. The van der Waals surface area contributed by atoms with E-state index in [1.165, 1.54) is 11.3 Å². The summed E-state index contributed by atoms with van der Waals surface area (Å²) >= 11 is 1.41. The van der Waals surface area contributed by atoms with Gasteiger partial charge in [0.1, 0.15) is 10.8 Å². The molecule has 0 bridgehead atoms. The number of rotatable bonds is 8. The van der Waals surface area contributed by atoms with Crippen molar-refractivity contribution < 1.29 is 23.9 Å². The first-order valence-corrected chi connectivity index (χ1v) is 9.22.